The minimum atomic E-state index is -0.0438. The Morgan fingerprint density at radius 3 is 2.67 bits per heavy atom. The monoisotopic (exact) mass is 254 g/mol. The van der Waals surface area contributed by atoms with Gasteiger partial charge in [-0.1, -0.05) is 6.92 Å². The van der Waals surface area contributed by atoms with E-state index >= 15 is 0 Å². The molecule has 2 aliphatic rings. The molecule has 0 spiro atoms. The number of fused-ring (bicyclic) bond motifs is 2. The largest absolute Gasteiger partial charge is 0.465 e. The van der Waals surface area contributed by atoms with Gasteiger partial charge in [0.05, 0.1) is 6.61 Å². The number of ether oxygens (including phenoxy) is 1. The van der Waals surface area contributed by atoms with Crippen molar-refractivity contribution in [2.24, 2.45) is 0 Å². The number of carbonyl (C=O) groups excluding carboxylic acids is 1. The zero-order valence-electron chi connectivity index (χ0n) is 11.9. The van der Waals surface area contributed by atoms with E-state index in [0.29, 0.717) is 12.6 Å². The van der Waals surface area contributed by atoms with Gasteiger partial charge in [0.25, 0.3) is 0 Å². The molecule has 2 bridgehead atoms. The Kier molecular flexibility index (Phi) is 4.62. The van der Waals surface area contributed by atoms with Crippen molar-refractivity contribution in [3.8, 4) is 0 Å². The quantitative estimate of drug-likeness (QED) is 0.712. The number of esters is 1. The van der Waals surface area contributed by atoms with Crippen LogP contribution in [-0.4, -0.2) is 60.6 Å². The Hall–Kier alpha value is -0.610. The summed E-state index contributed by atoms with van der Waals surface area (Å²) in [5, 5.41) is 0. The van der Waals surface area contributed by atoms with Crippen LogP contribution in [0.15, 0.2) is 0 Å². The molecule has 3 atom stereocenters. The Morgan fingerprint density at radius 1 is 1.28 bits per heavy atom. The minimum Gasteiger partial charge on any atom is -0.465 e. The van der Waals surface area contributed by atoms with E-state index in [4.69, 9.17) is 4.74 Å². The van der Waals surface area contributed by atoms with Crippen LogP contribution in [0.4, 0.5) is 0 Å². The fraction of sp³-hybridized carbons (Fsp3) is 0.929. The molecule has 0 saturated carbocycles. The van der Waals surface area contributed by atoms with Crippen LogP contribution in [0.2, 0.25) is 0 Å². The second-order valence-electron chi connectivity index (χ2n) is 5.51. The highest BCUT2D eigenvalue weighted by Gasteiger charge is 2.37. The lowest BCUT2D eigenvalue weighted by molar-refractivity contribution is -0.149. The standard InChI is InChI=1S/C14H26N2O2/c1-4-13(14(17)18-5-2)16-9-8-11-6-7-12(10-16)15(11)3/h11-13H,4-10H2,1-3H3. The normalized spacial score (nSPS) is 31.1. The summed E-state index contributed by atoms with van der Waals surface area (Å²) in [6.45, 7) is 6.49. The summed E-state index contributed by atoms with van der Waals surface area (Å²) in [5.74, 6) is -0.0413. The van der Waals surface area contributed by atoms with Gasteiger partial charge in [-0.3, -0.25) is 14.6 Å². The summed E-state index contributed by atoms with van der Waals surface area (Å²) < 4.78 is 5.20. The topological polar surface area (TPSA) is 32.8 Å². The molecule has 0 aromatic heterocycles. The zero-order chi connectivity index (χ0) is 13.1. The van der Waals surface area contributed by atoms with Crippen molar-refractivity contribution < 1.29 is 9.53 Å². The third kappa shape index (κ3) is 2.69. The van der Waals surface area contributed by atoms with Gasteiger partial charge < -0.3 is 4.74 Å². The summed E-state index contributed by atoms with van der Waals surface area (Å²) in [4.78, 5) is 16.9. The molecule has 0 aromatic rings. The molecule has 0 aromatic carbocycles. The van der Waals surface area contributed by atoms with Crippen LogP contribution in [0.5, 0.6) is 0 Å². The lowest BCUT2D eigenvalue weighted by Crippen LogP contribution is -2.46. The van der Waals surface area contributed by atoms with Gasteiger partial charge in [0.1, 0.15) is 6.04 Å². The summed E-state index contributed by atoms with van der Waals surface area (Å²) in [6.07, 6.45) is 4.63. The predicted molar refractivity (Wildman–Crippen MR) is 71.5 cm³/mol. The van der Waals surface area contributed by atoms with Crippen molar-refractivity contribution >= 4 is 5.97 Å². The second kappa shape index (κ2) is 6.02. The Morgan fingerprint density at radius 2 is 2.00 bits per heavy atom. The van der Waals surface area contributed by atoms with E-state index in [1.807, 2.05) is 6.92 Å². The lowest BCUT2D eigenvalue weighted by Gasteiger charge is -2.31. The molecule has 0 amide bonds. The van der Waals surface area contributed by atoms with Gasteiger partial charge in [-0.15, -0.1) is 0 Å². The van der Waals surface area contributed by atoms with E-state index in [2.05, 4.69) is 23.8 Å². The van der Waals surface area contributed by atoms with Gasteiger partial charge >= 0.3 is 5.97 Å². The van der Waals surface area contributed by atoms with Crippen LogP contribution >= 0.6 is 0 Å². The van der Waals surface area contributed by atoms with Crippen LogP contribution in [0.3, 0.4) is 0 Å². The molecule has 3 unspecified atom stereocenters. The van der Waals surface area contributed by atoms with E-state index < -0.39 is 0 Å². The highest BCUT2D eigenvalue weighted by molar-refractivity contribution is 5.75. The Bertz CT molecular complexity index is 296. The van der Waals surface area contributed by atoms with Crippen molar-refractivity contribution in [1.29, 1.82) is 0 Å². The number of hydrogen-bond acceptors (Lipinski definition) is 4. The first kappa shape index (κ1) is 13.8. The van der Waals surface area contributed by atoms with Gasteiger partial charge in [0, 0.05) is 25.2 Å². The van der Waals surface area contributed by atoms with E-state index in [1.165, 1.54) is 19.3 Å². The molecular weight excluding hydrogens is 228 g/mol. The van der Waals surface area contributed by atoms with Crippen LogP contribution < -0.4 is 0 Å². The number of likely N-dealkylation sites (N-methyl/N-ethyl adjacent to an activating group) is 1. The fourth-order valence-corrected chi connectivity index (χ4v) is 3.43. The lowest BCUT2D eigenvalue weighted by atomic mass is 10.1. The summed E-state index contributed by atoms with van der Waals surface area (Å²) in [7, 11) is 2.23. The maximum atomic E-state index is 12.0. The fourth-order valence-electron chi connectivity index (χ4n) is 3.43. The van der Waals surface area contributed by atoms with Gasteiger partial charge in [-0.05, 0) is 39.7 Å². The maximum Gasteiger partial charge on any atom is 0.323 e. The van der Waals surface area contributed by atoms with E-state index in [-0.39, 0.29) is 12.0 Å². The second-order valence-corrected chi connectivity index (χ2v) is 5.51. The first-order chi connectivity index (χ1) is 8.67. The number of rotatable bonds is 4. The smallest absolute Gasteiger partial charge is 0.323 e. The highest BCUT2D eigenvalue weighted by atomic mass is 16.5. The van der Waals surface area contributed by atoms with Crippen molar-refractivity contribution in [3.05, 3.63) is 0 Å². The summed E-state index contributed by atoms with van der Waals surface area (Å²) >= 11 is 0. The molecule has 2 heterocycles. The molecular formula is C14H26N2O2. The average Bonchev–Trinajstić information content (AvgIpc) is 2.57. The zero-order valence-corrected chi connectivity index (χ0v) is 11.9. The molecule has 0 radical (unpaired) electrons. The number of likely N-dealkylation sites (tertiary alicyclic amines) is 1. The van der Waals surface area contributed by atoms with Crippen LogP contribution in [-0.2, 0) is 9.53 Å². The minimum absolute atomic E-state index is 0.0413. The van der Waals surface area contributed by atoms with E-state index in [1.54, 1.807) is 0 Å². The molecule has 2 fully saturated rings. The number of nitrogens with zero attached hydrogens (tertiary/aromatic N) is 2. The third-order valence-electron chi connectivity index (χ3n) is 4.57. The molecule has 4 heteroatoms. The third-order valence-corrected chi connectivity index (χ3v) is 4.57. The molecule has 18 heavy (non-hydrogen) atoms. The maximum absolute atomic E-state index is 12.0. The van der Waals surface area contributed by atoms with Crippen molar-refractivity contribution in [3.63, 3.8) is 0 Å². The predicted octanol–water partition coefficient (Wildman–Crippen LogP) is 1.50. The molecule has 2 rings (SSSR count). The van der Waals surface area contributed by atoms with E-state index in [0.717, 1.165) is 25.6 Å². The van der Waals surface area contributed by atoms with E-state index in [9.17, 15) is 4.79 Å². The van der Waals surface area contributed by atoms with Crippen LogP contribution in [0.25, 0.3) is 0 Å². The number of hydrogen-bond donors (Lipinski definition) is 0. The van der Waals surface area contributed by atoms with Gasteiger partial charge in [0.2, 0.25) is 0 Å². The first-order valence-corrected chi connectivity index (χ1v) is 7.30. The molecule has 2 saturated heterocycles. The molecule has 104 valence electrons. The van der Waals surface area contributed by atoms with Crippen molar-refractivity contribution in [2.75, 3.05) is 26.7 Å². The van der Waals surface area contributed by atoms with Crippen LogP contribution in [0, 0.1) is 0 Å². The molecule has 0 N–H and O–H groups in total. The average molecular weight is 254 g/mol. The van der Waals surface area contributed by atoms with Crippen molar-refractivity contribution in [2.45, 2.75) is 57.7 Å². The Balaban J connectivity index is 2.01. The SMILES string of the molecule is CCOC(=O)C(CC)N1CCC2CCC(C1)N2C. The van der Waals surface area contributed by atoms with Crippen LogP contribution in [0.1, 0.15) is 39.5 Å². The van der Waals surface area contributed by atoms with Gasteiger partial charge in [0.15, 0.2) is 0 Å². The summed E-state index contributed by atoms with van der Waals surface area (Å²) in [5.41, 5.74) is 0. The Labute approximate surface area is 110 Å². The van der Waals surface area contributed by atoms with Gasteiger partial charge in [-0.2, -0.15) is 0 Å². The summed E-state index contributed by atoms with van der Waals surface area (Å²) in [6, 6.07) is 1.30. The highest BCUT2D eigenvalue weighted by Crippen LogP contribution is 2.29. The van der Waals surface area contributed by atoms with Gasteiger partial charge in [-0.25, -0.2) is 0 Å². The number of carbonyl (C=O) groups is 1. The molecule has 4 nitrogen and oxygen atoms in total. The molecule has 0 aliphatic carbocycles. The first-order valence-electron chi connectivity index (χ1n) is 7.30. The van der Waals surface area contributed by atoms with Crippen molar-refractivity contribution in [1.82, 2.24) is 9.80 Å². The molecule has 2 aliphatic heterocycles.